The zero-order valence-electron chi connectivity index (χ0n) is 15.4. The Morgan fingerprint density at radius 3 is 2.39 bits per heavy atom. The van der Waals surface area contributed by atoms with Gasteiger partial charge in [-0.1, -0.05) is 42.0 Å². The highest BCUT2D eigenvalue weighted by molar-refractivity contribution is 7.91. The van der Waals surface area contributed by atoms with Crippen molar-refractivity contribution in [1.29, 1.82) is 0 Å². The van der Waals surface area contributed by atoms with E-state index in [0.29, 0.717) is 10.6 Å². The Morgan fingerprint density at radius 1 is 1.04 bits per heavy atom. The molecule has 0 saturated heterocycles. The molecular formula is C21H21NO4S2. The van der Waals surface area contributed by atoms with Crippen LogP contribution in [0.3, 0.4) is 0 Å². The summed E-state index contributed by atoms with van der Waals surface area (Å²) < 4.78 is 31.7. The summed E-state index contributed by atoms with van der Waals surface area (Å²) in [6.07, 6.45) is 0. The maximum Gasteiger partial charge on any atom is 0.257 e. The number of nitrogens with one attached hydrogen (secondary N) is 1. The lowest BCUT2D eigenvalue weighted by atomic mass is 10.2. The first-order valence-corrected chi connectivity index (χ1v) is 11.2. The van der Waals surface area contributed by atoms with Crippen molar-refractivity contribution in [2.75, 3.05) is 13.2 Å². The van der Waals surface area contributed by atoms with Crippen molar-refractivity contribution < 1.29 is 17.9 Å². The van der Waals surface area contributed by atoms with Gasteiger partial charge in [0, 0.05) is 11.4 Å². The summed E-state index contributed by atoms with van der Waals surface area (Å²) in [5.41, 5.74) is 0.984. The van der Waals surface area contributed by atoms with Crippen molar-refractivity contribution in [1.82, 2.24) is 5.32 Å². The highest BCUT2D eigenvalue weighted by Gasteiger charge is 2.30. The zero-order chi connectivity index (χ0) is 20.0. The molecule has 0 radical (unpaired) electrons. The van der Waals surface area contributed by atoms with Crippen LogP contribution in [0.25, 0.3) is 0 Å². The van der Waals surface area contributed by atoms with E-state index in [4.69, 9.17) is 4.74 Å². The number of hydrogen-bond donors (Lipinski definition) is 1. The van der Waals surface area contributed by atoms with Crippen LogP contribution < -0.4 is 10.1 Å². The van der Waals surface area contributed by atoms with Gasteiger partial charge >= 0.3 is 0 Å². The molecule has 1 amide bonds. The average Bonchev–Trinajstić information content (AvgIpc) is 3.22. The molecular weight excluding hydrogens is 394 g/mol. The van der Waals surface area contributed by atoms with Gasteiger partial charge in [-0.3, -0.25) is 4.79 Å². The third kappa shape index (κ3) is 4.99. The van der Waals surface area contributed by atoms with E-state index in [2.05, 4.69) is 5.32 Å². The smallest absolute Gasteiger partial charge is 0.257 e. The molecule has 5 nitrogen and oxygen atoms in total. The first-order chi connectivity index (χ1) is 13.5. The second-order valence-electron chi connectivity index (χ2n) is 6.27. The molecule has 146 valence electrons. The molecule has 0 saturated carbocycles. The van der Waals surface area contributed by atoms with Gasteiger partial charge in [0.15, 0.2) is 16.4 Å². The minimum absolute atomic E-state index is 0.0201. The van der Waals surface area contributed by atoms with Crippen molar-refractivity contribution in [3.8, 4) is 5.75 Å². The number of sulfone groups is 1. The van der Waals surface area contributed by atoms with Crippen LogP contribution in [0.2, 0.25) is 0 Å². The summed E-state index contributed by atoms with van der Waals surface area (Å²) in [5, 5.41) is 3.67. The number of ether oxygens (including phenoxy) is 1. The molecule has 0 aliphatic carbocycles. The third-order valence-corrected chi connectivity index (χ3v) is 7.42. The van der Waals surface area contributed by atoms with Gasteiger partial charge in [-0.25, -0.2) is 8.42 Å². The minimum Gasteiger partial charge on any atom is -0.484 e. The first kappa shape index (κ1) is 20.1. The van der Waals surface area contributed by atoms with Gasteiger partial charge < -0.3 is 10.1 Å². The molecule has 28 heavy (non-hydrogen) atoms. The van der Waals surface area contributed by atoms with Crippen LogP contribution in [-0.4, -0.2) is 27.5 Å². The van der Waals surface area contributed by atoms with Gasteiger partial charge in [0.05, 0.1) is 4.90 Å². The standard InChI is InChI=1S/C21H21NO4S2/c1-16-9-11-18(12-10-16)28(24,25)20(19-8-5-13-27-19)14-22-21(23)15-26-17-6-3-2-4-7-17/h2-13,20H,14-15H2,1H3,(H,22,23)/t20-/m0/s1. The van der Waals surface area contributed by atoms with Crippen molar-refractivity contribution >= 4 is 27.1 Å². The molecule has 0 unspecified atom stereocenters. The second-order valence-corrected chi connectivity index (χ2v) is 9.38. The highest BCUT2D eigenvalue weighted by atomic mass is 32.2. The number of thiophene rings is 1. The highest BCUT2D eigenvalue weighted by Crippen LogP contribution is 2.31. The van der Waals surface area contributed by atoms with Crippen LogP contribution >= 0.6 is 11.3 Å². The number of carbonyl (C=O) groups excluding carboxylic acids is 1. The average molecular weight is 416 g/mol. The van der Waals surface area contributed by atoms with E-state index in [1.807, 2.05) is 30.5 Å². The topological polar surface area (TPSA) is 72.5 Å². The van der Waals surface area contributed by atoms with E-state index in [9.17, 15) is 13.2 Å². The van der Waals surface area contributed by atoms with E-state index in [-0.39, 0.29) is 24.0 Å². The minimum atomic E-state index is -3.65. The summed E-state index contributed by atoms with van der Waals surface area (Å²) in [6.45, 7) is 1.71. The summed E-state index contributed by atoms with van der Waals surface area (Å²) >= 11 is 1.36. The molecule has 1 aromatic heterocycles. The lowest BCUT2D eigenvalue weighted by Gasteiger charge is -2.18. The summed E-state index contributed by atoms with van der Waals surface area (Å²) in [6, 6.07) is 19.3. The van der Waals surface area contributed by atoms with Gasteiger partial charge in [-0.15, -0.1) is 11.3 Å². The molecule has 0 fully saturated rings. The maximum atomic E-state index is 13.2. The van der Waals surface area contributed by atoms with Crippen LogP contribution in [-0.2, 0) is 14.6 Å². The van der Waals surface area contributed by atoms with Crippen LogP contribution in [0.5, 0.6) is 5.75 Å². The Morgan fingerprint density at radius 2 is 1.75 bits per heavy atom. The predicted octanol–water partition coefficient (Wildman–Crippen LogP) is 3.77. The predicted molar refractivity (Wildman–Crippen MR) is 110 cm³/mol. The van der Waals surface area contributed by atoms with Gasteiger partial charge in [0.1, 0.15) is 11.0 Å². The fourth-order valence-corrected chi connectivity index (χ4v) is 5.44. The van der Waals surface area contributed by atoms with E-state index < -0.39 is 15.1 Å². The van der Waals surface area contributed by atoms with Crippen molar-refractivity contribution in [2.45, 2.75) is 17.1 Å². The Hall–Kier alpha value is -2.64. The fourth-order valence-electron chi connectivity index (χ4n) is 2.65. The normalized spacial score (nSPS) is 12.3. The number of rotatable bonds is 8. The molecule has 1 atom stereocenters. The number of aryl methyl sites for hydroxylation is 1. The molecule has 1 heterocycles. The Bertz CT molecular complexity index is 998. The number of hydrogen-bond acceptors (Lipinski definition) is 5. The number of para-hydroxylation sites is 1. The van der Waals surface area contributed by atoms with Gasteiger partial charge in [-0.05, 0) is 42.6 Å². The first-order valence-electron chi connectivity index (χ1n) is 8.75. The maximum absolute atomic E-state index is 13.2. The third-order valence-electron chi connectivity index (χ3n) is 4.18. The van der Waals surface area contributed by atoms with Crippen molar-refractivity contribution in [2.24, 2.45) is 0 Å². The zero-order valence-corrected chi connectivity index (χ0v) is 17.0. The number of amides is 1. The van der Waals surface area contributed by atoms with E-state index in [1.54, 1.807) is 48.5 Å². The molecule has 0 bridgehead atoms. The van der Waals surface area contributed by atoms with E-state index >= 15 is 0 Å². The second kappa shape index (κ2) is 9.03. The molecule has 0 aliphatic rings. The largest absolute Gasteiger partial charge is 0.484 e. The van der Waals surface area contributed by atoms with Crippen molar-refractivity contribution in [3.05, 3.63) is 82.6 Å². The van der Waals surface area contributed by atoms with E-state index in [0.717, 1.165) is 5.56 Å². The molecule has 3 aromatic rings. The SMILES string of the molecule is Cc1ccc(S(=O)(=O)[C@@H](CNC(=O)COc2ccccc2)c2cccs2)cc1. The van der Waals surface area contributed by atoms with Gasteiger partial charge in [0.2, 0.25) is 0 Å². The lowest BCUT2D eigenvalue weighted by molar-refractivity contribution is -0.123. The molecule has 0 aliphatic heterocycles. The van der Waals surface area contributed by atoms with Crippen LogP contribution in [0.4, 0.5) is 0 Å². The molecule has 7 heteroatoms. The molecule has 0 spiro atoms. The number of carbonyl (C=O) groups is 1. The van der Waals surface area contributed by atoms with Crippen LogP contribution in [0.1, 0.15) is 15.7 Å². The summed E-state index contributed by atoms with van der Waals surface area (Å²) in [5.74, 6) is 0.212. The van der Waals surface area contributed by atoms with Crippen molar-refractivity contribution in [3.63, 3.8) is 0 Å². The molecule has 2 aromatic carbocycles. The van der Waals surface area contributed by atoms with E-state index in [1.165, 1.54) is 11.3 Å². The summed E-state index contributed by atoms with van der Waals surface area (Å²) in [4.78, 5) is 13.1. The Balaban J connectivity index is 1.71. The summed E-state index contributed by atoms with van der Waals surface area (Å²) in [7, 11) is -3.65. The van der Waals surface area contributed by atoms with Gasteiger partial charge in [0.25, 0.3) is 5.91 Å². The Kier molecular flexibility index (Phi) is 6.49. The molecule has 1 N–H and O–H groups in total. The molecule has 3 rings (SSSR count). The van der Waals surface area contributed by atoms with Gasteiger partial charge in [-0.2, -0.15) is 0 Å². The Labute approximate surface area is 168 Å². The fraction of sp³-hybridized carbons (Fsp3) is 0.190. The van der Waals surface area contributed by atoms with Crippen LogP contribution in [0, 0.1) is 6.92 Å². The number of benzene rings is 2. The lowest BCUT2D eigenvalue weighted by Crippen LogP contribution is -2.34. The van der Waals surface area contributed by atoms with Crippen LogP contribution in [0.15, 0.2) is 77.0 Å². The monoisotopic (exact) mass is 415 g/mol. The quantitative estimate of drug-likeness (QED) is 0.608.